The first-order chi connectivity index (χ1) is 8.31. The maximum atomic E-state index is 10.9. The Kier molecular flexibility index (Phi) is 4.32. The van der Waals surface area contributed by atoms with E-state index >= 15 is 0 Å². The highest BCUT2D eigenvalue weighted by Crippen LogP contribution is 2.36. The van der Waals surface area contributed by atoms with Gasteiger partial charge in [-0.1, -0.05) is 11.8 Å². The molecule has 1 aromatic rings. The summed E-state index contributed by atoms with van der Waals surface area (Å²) in [4.78, 5) is 10.9. The van der Waals surface area contributed by atoms with Gasteiger partial charge in [0.2, 0.25) is 11.1 Å². The van der Waals surface area contributed by atoms with Gasteiger partial charge in [-0.3, -0.25) is 10.2 Å². The Bertz CT molecular complexity index is 377. The van der Waals surface area contributed by atoms with Crippen molar-refractivity contribution in [3.05, 3.63) is 0 Å². The van der Waals surface area contributed by atoms with Gasteiger partial charge in [-0.2, -0.15) is 0 Å². The highest BCUT2D eigenvalue weighted by atomic mass is 32.2. The molecule has 7 nitrogen and oxygen atoms in total. The molecule has 1 aromatic heterocycles. The fourth-order valence-electron chi connectivity index (χ4n) is 1.45. The number of nitrogens with two attached hydrogens (primary N) is 1. The van der Waals surface area contributed by atoms with Crippen molar-refractivity contribution >= 4 is 17.7 Å². The van der Waals surface area contributed by atoms with Crippen molar-refractivity contribution in [2.45, 2.75) is 43.3 Å². The summed E-state index contributed by atoms with van der Waals surface area (Å²) in [6.07, 6.45) is 4.62. The second-order valence-electron chi connectivity index (χ2n) is 4.01. The molecular weight excluding hydrogens is 240 g/mol. The van der Waals surface area contributed by atoms with Crippen LogP contribution >= 0.6 is 11.8 Å². The SMILES string of the molecule is NNC(=O)CCCCSc1nnnn1C1CC1. The summed E-state index contributed by atoms with van der Waals surface area (Å²) in [5, 5.41) is 12.5. The maximum absolute atomic E-state index is 10.9. The molecular formula is C9H16N6OS. The van der Waals surface area contributed by atoms with Crippen molar-refractivity contribution in [3.8, 4) is 0 Å². The maximum Gasteiger partial charge on any atom is 0.233 e. The van der Waals surface area contributed by atoms with E-state index in [1.54, 1.807) is 11.8 Å². The van der Waals surface area contributed by atoms with E-state index < -0.39 is 0 Å². The third-order valence-electron chi connectivity index (χ3n) is 2.55. The molecule has 0 unspecified atom stereocenters. The lowest BCUT2D eigenvalue weighted by Crippen LogP contribution is -2.29. The number of rotatable bonds is 7. The number of carbonyl (C=O) groups is 1. The Morgan fingerprint density at radius 1 is 1.53 bits per heavy atom. The Hall–Kier alpha value is -1.15. The Morgan fingerprint density at radius 3 is 3.06 bits per heavy atom. The molecule has 1 aliphatic rings. The van der Waals surface area contributed by atoms with E-state index in [0.717, 1.165) is 23.8 Å². The van der Waals surface area contributed by atoms with Crippen LogP contribution in [0.1, 0.15) is 38.1 Å². The largest absolute Gasteiger partial charge is 0.294 e. The molecule has 0 radical (unpaired) electrons. The van der Waals surface area contributed by atoms with Gasteiger partial charge in [-0.15, -0.1) is 5.10 Å². The number of thioether (sulfide) groups is 1. The van der Waals surface area contributed by atoms with E-state index in [4.69, 9.17) is 5.84 Å². The predicted octanol–water partition coefficient (Wildman–Crippen LogP) is 0.260. The molecule has 1 saturated carbocycles. The highest BCUT2D eigenvalue weighted by molar-refractivity contribution is 7.99. The molecule has 17 heavy (non-hydrogen) atoms. The summed E-state index contributed by atoms with van der Waals surface area (Å²) in [5.74, 6) is 5.80. The first kappa shape index (κ1) is 12.3. The average Bonchev–Trinajstić information content (AvgIpc) is 3.08. The van der Waals surface area contributed by atoms with Crippen LogP contribution in [0.4, 0.5) is 0 Å². The van der Waals surface area contributed by atoms with E-state index in [0.29, 0.717) is 12.5 Å². The molecule has 3 N–H and O–H groups in total. The number of hydrazine groups is 1. The summed E-state index contributed by atoms with van der Waals surface area (Å²) in [6.45, 7) is 0. The summed E-state index contributed by atoms with van der Waals surface area (Å²) < 4.78 is 1.90. The zero-order valence-electron chi connectivity index (χ0n) is 9.50. The van der Waals surface area contributed by atoms with Crippen LogP contribution in [0.5, 0.6) is 0 Å². The van der Waals surface area contributed by atoms with Gasteiger partial charge in [0, 0.05) is 12.2 Å². The molecule has 0 spiro atoms. The topological polar surface area (TPSA) is 98.7 Å². The Labute approximate surface area is 103 Å². The smallest absolute Gasteiger partial charge is 0.233 e. The van der Waals surface area contributed by atoms with Gasteiger partial charge in [-0.05, 0) is 36.1 Å². The fraction of sp³-hybridized carbons (Fsp3) is 0.778. The predicted molar refractivity (Wildman–Crippen MR) is 63.0 cm³/mol. The van der Waals surface area contributed by atoms with E-state index in [9.17, 15) is 4.79 Å². The quantitative estimate of drug-likeness (QED) is 0.239. The summed E-state index contributed by atoms with van der Waals surface area (Å²) in [7, 11) is 0. The van der Waals surface area contributed by atoms with Crippen molar-refractivity contribution in [3.63, 3.8) is 0 Å². The zero-order chi connectivity index (χ0) is 12.1. The monoisotopic (exact) mass is 256 g/mol. The normalized spacial score (nSPS) is 14.9. The summed E-state index contributed by atoms with van der Waals surface area (Å²) in [6, 6.07) is 0.510. The minimum atomic E-state index is -0.113. The van der Waals surface area contributed by atoms with E-state index in [2.05, 4.69) is 21.0 Å². The molecule has 0 saturated heterocycles. The number of hydrogen-bond acceptors (Lipinski definition) is 6. The third-order valence-corrected chi connectivity index (χ3v) is 3.57. The number of carbonyl (C=O) groups excluding carboxylic acids is 1. The first-order valence-corrected chi connectivity index (χ1v) is 6.70. The molecule has 1 amide bonds. The van der Waals surface area contributed by atoms with Crippen LogP contribution in [0.2, 0.25) is 0 Å². The molecule has 8 heteroatoms. The molecule has 94 valence electrons. The van der Waals surface area contributed by atoms with Crippen LogP contribution in [0.15, 0.2) is 5.16 Å². The minimum Gasteiger partial charge on any atom is -0.294 e. The highest BCUT2D eigenvalue weighted by Gasteiger charge is 2.27. The third kappa shape index (κ3) is 3.67. The molecule has 0 aliphatic heterocycles. The number of hydrogen-bond donors (Lipinski definition) is 2. The molecule has 0 bridgehead atoms. The first-order valence-electron chi connectivity index (χ1n) is 5.71. The van der Waals surface area contributed by atoms with Crippen LogP contribution in [-0.4, -0.2) is 31.9 Å². The molecule has 1 fully saturated rings. The zero-order valence-corrected chi connectivity index (χ0v) is 10.3. The van der Waals surface area contributed by atoms with Gasteiger partial charge in [-0.25, -0.2) is 10.5 Å². The van der Waals surface area contributed by atoms with Crippen molar-refractivity contribution in [2.24, 2.45) is 5.84 Å². The fourth-order valence-corrected chi connectivity index (χ4v) is 2.40. The second kappa shape index (κ2) is 5.97. The molecule has 1 aliphatic carbocycles. The van der Waals surface area contributed by atoms with Crippen molar-refractivity contribution in [2.75, 3.05) is 5.75 Å². The Morgan fingerprint density at radius 2 is 2.35 bits per heavy atom. The lowest BCUT2D eigenvalue weighted by Gasteiger charge is -2.02. The standard InChI is InChI=1S/C9H16N6OS/c10-11-8(16)3-1-2-6-17-9-12-13-14-15(9)7-4-5-7/h7H,1-6,10H2,(H,11,16). The molecule has 0 aromatic carbocycles. The minimum absolute atomic E-state index is 0.113. The van der Waals surface area contributed by atoms with Crippen molar-refractivity contribution in [1.82, 2.24) is 25.6 Å². The van der Waals surface area contributed by atoms with Crippen LogP contribution in [0.25, 0.3) is 0 Å². The number of amides is 1. The van der Waals surface area contributed by atoms with Gasteiger partial charge in [0.05, 0.1) is 6.04 Å². The van der Waals surface area contributed by atoms with Gasteiger partial charge in [0.25, 0.3) is 0 Å². The number of nitrogens with zero attached hydrogens (tertiary/aromatic N) is 4. The lowest BCUT2D eigenvalue weighted by atomic mass is 10.2. The van der Waals surface area contributed by atoms with E-state index in [-0.39, 0.29) is 5.91 Å². The van der Waals surface area contributed by atoms with Gasteiger partial charge in [0.1, 0.15) is 0 Å². The van der Waals surface area contributed by atoms with Gasteiger partial charge in [0.15, 0.2) is 0 Å². The van der Waals surface area contributed by atoms with Crippen LogP contribution in [-0.2, 0) is 4.79 Å². The summed E-state index contributed by atoms with van der Waals surface area (Å²) in [5.41, 5.74) is 2.12. The average molecular weight is 256 g/mol. The number of aromatic nitrogens is 4. The van der Waals surface area contributed by atoms with Crippen LogP contribution in [0.3, 0.4) is 0 Å². The Balaban J connectivity index is 1.64. The molecule has 0 atom stereocenters. The van der Waals surface area contributed by atoms with E-state index in [1.165, 1.54) is 12.8 Å². The van der Waals surface area contributed by atoms with Crippen molar-refractivity contribution in [1.29, 1.82) is 0 Å². The lowest BCUT2D eigenvalue weighted by molar-refractivity contribution is -0.121. The number of unbranched alkanes of at least 4 members (excludes halogenated alkanes) is 1. The summed E-state index contributed by atoms with van der Waals surface area (Å²) >= 11 is 1.65. The van der Waals surface area contributed by atoms with Crippen LogP contribution < -0.4 is 11.3 Å². The molecule has 2 rings (SSSR count). The van der Waals surface area contributed by atoms with Crippen LogP contribution in [0, 0.1) is 0 Å². The van der Waals surface area contributed by atoms with Gasteiger partial charge < -0.3 is 0 Å². The second-order valence-corrected chi connectivity index (χ2v) is 5.07. The van der Waals surface area contributed by atoms with Crippen molar-refractivity contribution < 1.29 is 4.79 Å². The van der Waals surface area contributed by atoms with E-state index in [1.807, 2.05) is 4.68 Å². The molecule has 1 heterocycles. The van der Waals surface area contributed by atoms with Gasteiger partial charge >= 0.3 is 0 Å². The number of tetrazole rings is 1. The number of nitrogens with one attached hydrogen (secondary N) is 1.